The molecule has 1 aromatic heterocycles. The van der Waals surface area contributed by atoms with Gasteiger partial charge in [0.1, 0.15) is 21.7 Å². The van der Waals surface area contributed by atoms with E-state index in [4.69, 9.17) is 4.74 Å². The number of alkyl halides is 3. The monoisotopic (exact) mass is 663 g/mol. The van der Waals surface area contributed by atoms with Gasteiger partial charge < -0.3 is 15.0 Å². The van der Waals surface area contributed by atoms with E-state index < -0.39 is 40.0 Å². The number of likely N-dealkylation sites (tertiary alicyclic amines) is 1. The van der Waals surface area contributed by atoms with E-state index in [1.807, 2.05) is 48.5 Å². The second-order valence-corrected chi connectivity index (χ2v) is 14.2. The standard InChI is InChI=1S/C32H36F3N3O5S2/c1-43-29(39)28-27(14-18-44-28)45(41,42)37-19-22-9-8-17-38(20-22)16-7-6-15-31(30(40)36-21-32(33,34)35)25-12-4-2-10-23(25)24-11-3-5-13-26(24)31/h2-5,10-14,18,22,37H,6-9,15-17,19-21H2,1H3,(H,36,40). The smallest absolute Gasteiger partial charge is 0.405 e. The fourth-order valence-electron chi connectivity index (χ4n) is 6.59. The van der Waals surface area contributed by atoms with Gasteiger partial charge in [0, 0.05) is 13.1 Å². The maximum absolute atomic E-state index is 13.7. The van der Waals surface area contributed by atoms with Crippen molar-refractivity contribution in [2.75, 3.05) is 39.8 Å². The number of hydrogen-bond donors (Lipinski definition) is 2. The number of piperidine rings is 1. The highest BCUT2D eigenvalue weighted by molar-refractivity contribution is 7.89. The Morgan fingerprint density at radius 1 is 1.04 bits per heavy atom. The highest BCUT2D eigenvalue weighted by Crippen LogP contribution is 2.51. The van der Waals surface area contributed by atoms with Crippen molar-refractivity contribution in [3.63, 3.8) is 0 Å². The average molecular weight is 664 g/mol. The molecule has 1 atom stereocenters. The van der Waals surface area contributed by atoms with E-state index in [0.717, 1.165) is 53.0 Å². The number of carbonyl (C=O) groups excluding carboxylic acids is 2. The summed E-state index contributed by atoms with van der Waals surface area (Å²) < 4.78 is 72.7. The average Bonchev–Trinajstić information content (AvgIpc) is 3.64. The van der Waals surface area contributed by atoms with Crippen LogP contribution in [0, 0.1) is 5.92 Å². The Hall–Kier alpha value is -3.26. The Morgan fingerprint density at radius 2 is 1.71 bits per heavy atom. The number of carbonyl (C=O) groups is 2. The van der Waals surface area contributed by atoms with Gasteiger partial charge in [-0.25, -0.2) is 17.9 Å². The zero-order chi connectivity index (χ0) is 32.2. The van der Waals surface area contributed by atoms with Crippen LogP contribution in [0.5, 0.6) is 0 Å². The van der Waals surface area contributed by atoms with Gasteiger partial charge in [0.15, 0.2) is 0 Å². The van der Waals surface area contributed by atoms with Crippen LogP contribution < -0.4 is 10.0 Å². The van der Waals surface area contributed by atoms with E-state index in [-0.39, 0.29) is 22.2 Å². The largest absolute Gasteiger partial charge is 0.465 e. The molecule has 1 fully saturated rings. The summed E-state index contributed by atoms with van der Waals surface area (Å²) in [5.74, 6) is -1.27. The predicted molar refractivity (Wildman–Crippen MR) is 166 cm³/mol. The van der Waals surface area contributed by atoms with Gasteiger partial charge in [0.25, 0.3) is 0 Å². The van der Waals surface area contributed by atoms with Crippen LogP contribution in [0.3, 0.4) is 0 Å². The first-order valence-corrected chi connectivity index (χ1v) is 17.2. The summed E-state index contributed by atoms with van der Waals surface area (Å²) in [4.78, 5) is 27.9. The predicted octanol–water partition coefficient (Wildman–Crippen LogP) is 5.34. The summed E-state index contributed by atoms with van der Waals surface area (Å²) in [7, 11) is -2.69. The maximum atomic E-state index is 13.7. The van der Waals surface area contributed by atoms with Gasteiger partial charge in [-0.15, -0.1) is 11.3 Å². The number of unbranched alkanes of at least 4 members (excludes halogenated alkanes) is 1. The zero-order valence-corrected chi connectivity index (χ0v) is 26.5. The molecule has 1 aliphatic carbocycles. The fourth-order valence-corrected chi connectivity index (χ4v) is 9.04. The van der Waals surface area contributed by atoms with Gasteiger partial charge in [-0.2, -0.15) is 13.2 Å². The van der Waals surface area contributed by atoms with Crippen LogP contribution >= 0.6 is 11.3 Å². The van der Waals surface area contributed by atoms with Crippen molar-refractivity contribution in [1.82, 2.24) is 14.9 Å². The molecule has 1 aliphatic heterocycles. The number of amides is 1. The molecule has 2 heterocycles. The van der Waals surface area contributed by atoms with Crippen molar-refractivity contribution in [3.8, 4) is 11.1 Å². The van der Waals surface area contributed by atoms with Gasteiger partial charge >= 0.3 is 12.1 Å². The number of sulfonamides is 1. The fraction of sp³-hybridized carbons (Fsp3) is 0.438. The molecular weight excluding hydrogens is 627 g/mol. The van der Waals surface area contributed by atoms with Crippen LogP contribution in [0.15, 0.2) is 64.9 Å². The third-order valence-electron chi connectivity index (χ3n) is 8.63. The van der Waals surface area contributed by atoms with E-state index in [9.17, 15) is 31.2 Å². The van der Waals surface area contributed by atoms with Crippen molar-refractivity contribution in [3.05, 3.63) is 76.0 Å². The molecule has 3 aromatic rings. The molecule has 5 rings (SSSR count). The molecule has 13 heteroatoms. The molecule has 45 heavy (non-hydrogen) atoms. The van der Waals surface area contributed by atoms with Crippen molar-refractivity contribution >= 4 is 33.2 Å². The summed E-state index contributed by atoms with van der Waals surface area (Å²) in [6.45, 7) is 1.07. The van der Waals surface area contributed by atoms with E-state index in [1.54, 1.807) is 0 Å². The number of esters is 1. The number of nitrogens with zero attached hydrogens (tertiary/aromatic N) is 1. The maximum Gasteiger partial charge on any atom is 0.405 e. The lowest BCUT2D eigenvalue weighted by Gasteiger charge is -2.34. The van der Waals surface area contributed by atoms with Crippen molar-refractivity contribution in [2.24, 2.45) is 5.92 Å². The molecule has 1 unspecified atom stereocenters. The number of ether oxygens (including phenoxy) is 1. The number of fused-ring (bicyclic) bond motifs is 3. The van der Waals surface area contributed by atoms with Gasteiger partial charge in [-0.05, 0) is 78.4 Å². The highest BCUT2D eigenvalue weighted by atomic mass is 32.2. The Morgan fingerprint density at radius 3 is 2.36 bits per heavy atom. The molecule has 8 nitrogen and oxygen atoms in total. The number of methoxy groups -OCH3 is 1. The van der Waals surface area contributed by atoms with E-state index in [0.29, 0.717) is 32.4 Å². The summed E-state index contributed by atoms with van der Waals surface area (Å²) >= 11 is 1.01. The van der Waals surface area contributed by atoms with Crippen LogP contribution in [0.1, 0.15) is 52.9 Å². The molecule has 1 amide bonds. The Labute approximate surface area is 265 Å². The van der Waals surface area contributed by atoms with E-state index >= 15 is 0 Å². The summed E-state index contributed by atoms with van der Waals surface area (Å²) in [5.41, 5.74) is 1.93. The van der Waals surface area contributed by atoms with Gasteiger partial charge in [0.05, 0.1) is 7.11 Å². The first-order valence-electron chi connectivity index (χ1n) is 14.9. The van der Waals surface area contributed by atoms with Crippen molar-refractivity contribution in [1.29, 1.82) is 0 Å². The van der Waals surface area contributed by atoms with Gasteiger partial charge in [-0.3, -0.25) is 4.79 Å². The first-order chi connectivity index (χ1) is 21.5. The molecule has 2 N–H and O–H groups in total. The summed E-state index contributed by atoms with van der Waals surface area (Å²) in [6.07, 6.45) is -1.12. The van der Waals surface area contributed by atoms with Crippen molar-refractivity contribution in [2.45, 2.75) is 48.6 Å². The third kappa shape index (κ3) is 7.11. The minimum absolute atomic E-state index is 0.0349. The Balaban J connectivity index is 1.22. The molecule has 2 aliphatic rings. The number of benzene rings is 2. The Kier molecular flexibility index (Phi) is 10.0. The molecule has 1 saturated heterocycles. The van der Waals surface area contributed by atoms with Gasteiger partial charge in [0.2, 0.25) is 15.9 Å². The number of nitrogens with one attached hydrogen (secondary N) is 2. The van der Waals surface area contributed by atoms with Crippen LogP contribution in [-0.4, -0.2) is 71.2 Å². The molecule has 0 spiro atoms. The van der Waals surface area contributed by atoms with Crippen molar-refractivity contribution < 1.29 is 35.9 Å². The summed E-state index contributed by atoms with van der Waals surface area (Å²) in [5, 5.41) is 3.71. The number of hydrogen-bond acceptors (Lipinski definition) is 7. The number of thiophene rings is 1. The van der Waals surface area contributed by atoms with E-state index in [1.165, 1.54) is 18.6 Å². The van der Waals surface area contributed by atoms with E-state index in [2.05, 4.69) is 14.9 Å². The quantitative estimate of drug-likeness (QED) is 0.200. The molecule has 0 bridgehead atoms. The van der Waals surface area contributed by atoms with Crippen LogP contribution in [0.4, 0.5) is 13.2 Å². The number of halogens is 3. The van der Waals surface area contributed by atoms with Crippen LogP contribution in [0.2, 0.25) is 0 Å². The summed E-state index contributed by atoms with van der Waals surface area (Å²) in [6, 6.07) is 16.2. The molecule has 0 radical (unpaired) electrons. The highest BCUT2D eigenvalue weighted by Gasteiger charge is 2.49. The lowest BCUT2D eigenvalue weighted by Crippen LogP contribution is -2.47. The van der Waals surface area contributed by atoms with Gasteiger partial charge in [-0.1, -0.05) is 55.0 Å². The van der Waals surface area contributed by atoms with Crippen LogP contribution in [0.25, 0.3) is 11.1 Å². The third-order valence-corrected chi connectivity index (χ3v) is 11.1. The second-order valence-electron chi connectivity index (χ2n) is 11.5. The topological polar surface area (TPSA) is 105 Å². The minimum Gasteiger partial charge on any atom is -0.465 e. The minimum atomic E-state index is -4.53. The SMILES string of the molecule is COC(=O)c1sccc1S(=O)(=O)NCC1CCCN(CCCCC2(C(=O)NCC(F)(F)F)c3ccccc3-c3ccccc32)C1. The molecule has 2 aromatic carbocycles. The number of rotatable bonds is 12. The normalized spacial score (nSPS) is 17.8. The zero-order valence-electron chi connectivity index (χ0n) is 24.9. The Bertz CT molecular complexity index is 1590. The lowest BCUT2D eigenvalue weighted by molar-refractivity contribution is -0.141. The molecule has 0 saturated carbocycles. The van der Waals surface area contributed by atoms with Crippen LogP contribution in [-0.2, 0) is 25.0 Å². The second kappa shape index (κ2) is 13.6. The molecule has 242 valence electrons. The molecular formula is C32H36F3N3O5S2. The lowest BCUT2D eigenvalue weighted by atomic mass is 9.73. The first kappa shape index (κ1) is 33.1.